The van der Waals surface area contributed by atoms with E-state index < -0.39 is 0 Å². The summed E-state index contributed by atoms with van der Waals surface area (Å²) in [7, 11) is 3.65. The SMILES string of the molecule is CCNC(=NCC1(C(=O)N(C)C)CCCC1)NCCCC(=O)N1CCc2ccccc21.I. The van der Waals surface area contributed by atoms with E-state index in [9.17, 15) is 9.59 Å². The third-order valence-corrected chi connectivity index (χ3v) is 6.35. The topological polar surface area (TPSA) is 77.0 Å². The van der Waals surface area contributed by atoms with Gasteiger partial charge in [0.2, 0.25) is 11.8 Å². The number of aliphatic imine (C=N–C) groups is 1. The smallest absolute Gasteiger partial charge is 0.230 e. The Hall–Kier alpha value is -1.84. The van der Waals surface area contributed by atoms with Gasteiger partial charge in [0.15, 0.2) is 5.96 Å². The van der Waals surface area contributed by atoms with Crippen molar-refractivity contribution in [3.05, 3.63) is 29.8 Å². The van der Waals surface area contributed by atoms with Crippen LogP contribution in [0.2, 0.25) is 0 Å². The summed E-state index contributed by atoms with van der Waals surface area (Å²) in [6.45, 7) is 4.73. The van der Waals surface area contributed by atoms with Crippen molar-refractivity contribution in [2.45, 2.75) is 51.9 Å². The molecule has 0 unspecified atom stereocenters. The molecule has 0 bridgehead atoms. The van der Waals surface area contributed by atoms with Crippen LogP contribution in [0.1, 0.15) is 51.0 Å². The van der Waals surface area contributed by atoms with Gasteiger partial charge in [0.05, 0.1) is 12.0 Å². The number of halogens is 1. The number of hydrogen-bond acceptors (Lipinski definition) is 3. The lowest BCUT2D eigenvalue weighted by Gasteiger charge is -2.29. The van der Waals surface area contributed by atoms with Crippen LogP contribution in [0.25, 0.3) is 0 Å². The highest BCUT2D eigenvalue weighted by atomic mass is 127. The van der Waals surface area contributed by atoms with Crippen LogP contribution in [-0.4, -0.2) is 62.9 Å². The standard InChI is InChI=1S/C24H37N5O2.HI/c1-4-25-23(27-18-24(14-7-8-15-24)22(31)28(2)3)26-16-9-12-21(30)29-17-13-19-10-5-6-11-20(19)29;/h5-6,10-11H,4,7-9,12-18H2,1-3H3,(H2,25,26,27);1H. The largest absolute Gasteiger partial charge is 0.357 e. The highest BCUT2D eigenvalue weighted by Gasteiger charge is 2.42. The first-order valence-electron chi connectivity index (χ1n) is 11.6. The second kappa shape index (κ2) is 12.4. The van der Waals surface area contributed by atoms with Crippen LogP contribution in [0, 0.1) is 5.41 Å². The zero-order chi connectivity index (χ0) is 22.3. The van der Waals surface area contributed by atoms with Gasteiger partial charge in [-0.1, -0.05) is 31.0 Å². The molecule has 0 aromatic heterocycles. The molecule has 3 rings (SSSR count). The van der Waals surface area contributed by atoms with Gasteiger partial charge >= 0.3 is 0 Å². The summed E-state index contributed by atoms with van der Waals surface area (Å²) >= 11 is 0. The van der Waals surface area contributed by atoms with E-state index in [1.54, 1.807) is 4.90 Å². The first-order chi connectivity index (χ1) is 15.0. The molecule has 32 heavy (non-hydrogen) atoms. The van der Waals surface area contributed by atoms with Crippen LogP contribution in [0.4, 0.5) is 5.69 Å². The average molecular weight is 556 g/mol. The summed E-state index contributed by atoms with van der Waals surface area (Å²) in [4.78, 5) is 33.8. The zero-order valence-corrected chi connectivity index (χ0v) is 22.0. The zero-order valence-electron chi connectivity index (χ0n) is 19.7. The van der Waals surface area contributed by atoms with E-state index in [4.69, 9.17) is 4.99 Å². The maximum Gasteiger partial charge on any atom is 0.230 e. The van der Waals surface area contributed by atoms with Crippen LogP contribution in [0.5, 0.6) is 0 Å². The number of anilines is 1. The van der Waals surface area contributed by atoms with E-state index in [2.05, 4.69) is 16.7 Å². The number of nitrogens with zero attached hydrogens (tertiary/aromatic N) is 3. The van der Waals surface area contributed by atoms with Crippen molar-refractivity contribution in [1.29, 1.82) is 0 Å². The van der Waals surface area contributed by atoms with E-state index in [1.165, 1.54) is 5.56 Å². The van der Waals surface area contributed by atoms with Crippen LogP contribution >= 0.6 is 24.0 Å². The average Bonchev–Trinajstić information content (AvgIpc) is 3.42. The van der Waals surface area contributed by atoms with E-state index in [0.29, 0.717) is 19.5 Å². The van der Waals surface area contributed by atoms with Crippen LogP contribution in [-0.2, 0) is 16.0 Å². The van der Waals surface area contributed by atoms with E-state index in [0.717, 1.165) is 63.3 Å². The highest BCUT2D eigenvalue weighted by Crippen LogP contribution is 2.39. The number of fused-ring (bicyclic) bond motifs is 1. The molecule has 1 aromatic carbocycles. The normalized spacial score (nSPS) is 16.8. The molecule has 2 amide bonds. The van der Waals surface area contributed by atoms with Crippen LogP contribution in [0.3, 0.4) is 0 Å². The number of para-hydroxylation sites is 1. The molecule has 1 fully saturated rings. The molecule has 8 heteroatoms. The van der Waals surface area contributed by atoms with Crippen molar-refractivity contribution >= 4 is 47.4 Å². The quantitative estimate of drug-likeness (QED) is 0.224. The van der Waals surface area contributed by atoms with Gasteiger partial charge in [-0.05, 0) is 44.2 Å². The van der Waals surface area contributed by atoms with Gasteiger partial charge < -0.3 is 20.4 Å². The summed E-state index contributed by atoms with van der Waals surface area (Å²) in [6.07, 6.45) is 6.15. The second-order valence-corrected chi connectivity index (χ2v) is 8.84. The Morgan fingerprint density at radius 3 is 2.56 bits per heavy atom. The number of carbonyl (C=O) groups is 2. The number of carbonyl (C=O) groups excluding carboxylic acids is 2. The summed E-state index contributed by atoms with van der Waals surface area (Å²) in [5.74, 6) is 1.08. The number of benzene rings is 1. The van der Waals surface area contributed by atoms with Gasteiger partial charge in [0.25, 0.3) is 0 Å². The molecule has 2 N–H and O–H groups in total. The van der Waals surface area contributed by atoms with Crippen molar-refractivity contribution in [3.8, 4) is 0 Å². The minimum atomic E-state index is -0.370. The molecule has 178 valence electrons. The molecule has 7 nitrogen and oxygen atoms in total. The number of hydrogen-bond donors (Lipinski definition) is 2. The minimum absolute atomic E-state index is 0. The predicted octanol–water partition coefficient (Wildman–Crippen LogP) is 3.18. The van der Waals surface area contributed by atoms with Crippen molar-refractivity contribution in [2.24, 2.45) is 10.4 Å². The monoisotopic (exact) mass is 555 g/mol. The maximum atomic E-state index is 12.8. The molecule has 0 atom stereocenters. The van der Waals surface area contributed by atoms with Gasteiger partial charge in [-0.3, -0.25) is 14.6 Å². The van der Waals surface area contributed by atoms with Gasteiger partial charge in [-0.2, -0.15) is 0 Å². The summed E-state index contributed by atoms with van der Waals surface area (Å²) < 4.78 is 0. The second-order valence-electron chi connectivity index (χ2n) is 8.84. The Balaban J connectivity index is 0.00000363. The fourth-order valence-corrected chi connectivity index (χ4v) is 4.72. The Bertz CT molecular complexity index is 805. The number of nitrogens with one attached hydrogen (secondary N) is 2. The third kappa shape index (κ3) is 6.36. The summed E-state index contributed by atoms with van der Waals surface area (Å²) in [5.41, 5.74) is 1.94. The first-order valence-corrected chi connectivity index (χ1v) is 11.6. The molecule has 1 heterocycles. The van der Waals surface area contributed by atoms with E-state index in [1.807, 2.05) is 44.1 Å². The van der Waals surface area contributed by atoms with Gasteiger partial charge in [-0.25, -0.2) is 0 Å². The fraction of sp³-hybridized carbons (Fsp3) is 0.625. The highest BCUT2D eigenvalue weighted by molar-refractivity contribution is 14.0. The lowest BCUT2D eigenvalue weighted by Crippen LogP contribution is -2.43. The van der Waals surface area contributed by atoms with Crippen molar-refractivity contribution in [1.82, 2.24) is 15.5 Å². The molecule has 2 aliphatic rings. The molecule has 1 aliphatic heterocycles. The lowest BCUT2D eigenvalue weighted by molar-refractivity contribution is -0.138. The molecule has 1 aliphatic carbocycles. The molecule has 1 aromatic rings. The molecule has 0 saturated heterocycles. The minimum Gasteiger partial charge on any atom is -0.357 e. The molecule has 0 spiro atoms. The molecular formula is C24H38IN5O2. The van der Waals surface area contributed by atoms with Gasteiger partial charge in [0, 0.05) is 45.8 Å². The third-order valence-electron chi connectivity index (χ3n) is 6.35. The fourth-order valence-electron chi connectivity index (χ4n) is 4.72. The number of amides is 2. The maximum absolute atomic E-state index is 12.8. The summed E-state index contributed by atoms with van der Waals surface area (Å²) in [6, 6.07) is 8.15. The molecular weight excluding hydrogens is 517 g/mol. The molecule has 0 radical (unpaired) electrons. The number of guanidine groups is 1. The Kier molecular flexibility index (Phi) is 10.2. The number of rotatable bonds is 8. The predicted molar refractivity (Wildman–Crippen MR) is 141 cm³/mol. The lowest BCUT2D eigenvalue weighted by atomic mass is 9.85. The van der Waals surface area contributed by atoms with E-state index in [-0.39, 0.29) is 41.2 Å². The van der Waals surface area contributed by atoms with Crippen LogP contribution < -0.4 is 15.5 Å². The van der Waals surface area contributed by atoms with Crippen molar-refractivity contribution in [2.75, 3.05) is 45.2 Å². The Morgan fingerprint density at radius 2 is 1.88 bits per heavy atom. The van der Waals surface area contributed by atoms with E-state index >= 15 is 0 Å². The van der Waals surface area contributed by atoms with Gasteiger partial charge in [-0.15, -0.1) is 24.0 Å². The van der Waals surface area contributed by atoms with Crippen molar-refractivity contribution < 1.29 is 9.59 Å². The van der Waals surface area contributed by atoms with Crippen molar-refractivity contribution in [3.63, 3.8) is 0 Å². The Labute approximate surface area is 209 Å². The first kappa shape index (κ1) is 26.4. The van der Waals surface area contributed by atoms with Crippen LogP contribution in [0.15, 0.2) is 29.3 Å². The Morgan fingerprint density at radius 1 is 1.16 bits per heavy atom. The van der Waals surface area contributed by atoms with Gasteiger partial charge in [0.1, 0.15) is 0 Å². The summed E-state index contributed by atoms with van der Waals surface area (Å²) in [5, 5.41) is 6.61. The molecule has 1 saturated carbocycles.